The molecule has 1 aromatic heterocycles. The van der Waals surface area contributed by atoms with Crippen LogP contribution in [0, 0.1) is 5.92 Å². The van der Waals surface area contributed by atoms with Gasteiger partial charge in [-0.15, -0.1) is 0 Å². The van der Waals surface area contributed by atoms with Gasteiger partial charge in [-0.05, 0) is 51.0 Å². The minimum absolute atomic E-state index is 0.301. The fraction of sp³-hybridized carbons (Fsp3) is 0.857. The summed E-state index contributed by atoms with van der Waals surface area (Å²) in [5.74, 6) is 2.05. The van der Waals surface area contributed by atoms with Crippen LogP contribution in [0.1, 0.15) is 57.2 Å². The lowest BCUT2D eigenvalue weighted by Gasteiger charge is -2.22. The molecule has 1 aliphatic rings. The predicted molar refractivity (Wildman–Crippen MR) is 72.6 cm³/mol. The van der Waals surface area contributed by atoms with Crippen LogP contribution in [-0.4, -0.2) is 23.8 Å². The summed E-state index contributed by atoms with van der Waals surface area (Å²) in [5.41, 5.74) is 5.25. The highest BCUT2D eigenvalue weighted by atomic mass is 16.5. The summed E-state index contributed by atoms with van der Waals surface area (Å²) in [6.07, 6.45) is 7.24. The molecule has 5 nitrogen and oxygen atoms in total. The molecule has 0 aliphatic heterocycles. The van der Waals surface area contributed by atoms with Crippen molar-refractivity contribution in [2.24, 2.45) is 11.7 Å². The number of ether oxygens (including phenoxy) is 1. The van der Waals surface area contributed by atoms with Crippen molar-refractivity contribution in [1.82, 2.24) is 10.1 Å². The Hall–Kier alpha value is -0.940. The lowest BCUT2D eigenvalue weighted by molar-refractivity contribution is -0.0178. The van der Waals surface area contributed by atoms with E-state index in [4.69, 9.17) is 15.0 Å². The average Bonchev–Trinajstić information content (AvgIpc) is 3.06. The van der Waals surface area contributed by atoms with E-state index in [0.29, 0.717) is 5.92 Å². The minimum Gasteiger partial charge on any atom is -0.370 e. The van der Waals surface area contributed by atoms with Gasteiger partial charge in [0.15, 0.2) is 0 Å². The number of aryl methyl sites for hydroxylation is 1. The Kier molecular flexibility index (Phi) is 4.93. The fourth-order valence-corrected chi connectivity index (χ4v) is 2.81. The number of methoxy groups -OCH3 is 1. The normalized spacial score (nSPS) is 19.7. The van der Waals surface area contributed by atoms with E-state index in [1.807, 2.05) is 0 Å². The molecule has 0 amide bonds. The second-order valence-corrected chi connectivity index (χ2v) is 5.64. The molecule has 1 heterocycles. The van der Waals surface area contributed by atoms with Crippen LogP contribution < -0.4 is 5.73 Å². The molecule has 108 valence electrons. The first kappa shape index (κ1) is 14.5. The van der Waals surface area contributed by atoms with E-state index in [1.165, 1.54) is 12.8 Å². The highest BCUT2D eigenvalue weighted by Gasteiger charge is 2.40. The number of nitrogens with zero attached hydrogens (tertiary/aromatic N) is 2. The van der Waals surface area contributed by atoms with E-state index in [2.05, 4.69) is 17.1 Å². The van der Waals surface area contributed by atoms with Crippen LogP contribution >= 0.6 is 0 Å². The van der Waals surface area contributed by atoms with Crippen LogP contribution in [0.5, 0.6) is 0 Å². The van der Waals surface area contributed by atoms with Gasteiger partial charge in [-0.1, -0.05) is 12.1 Å². The molecule has 2 N–H and O–H groups in total. The molecule has 0 radical (unpaired) electrons. The molecule has 0 bridgehead atoms. The minimum atomic E-state index is -0.301. The maximum atomic E-state index is 5.66. The topological polar surface area (TPSA) is 74.2 Å². The van der Waals surface area contributed by atoms with E-state index in [1.54, 1.807) is 7.11 Å². The second kappa shape index (κ2) is 6.48. The average molecular weight is 267 g/mol. The van der Waals surface area contributed by atoms with Gasteiger partial charge in [0.05, 0.1) is 0 Å². The molecule has 0 aromatic carbocycles. The van der Waals surface area contributed by atoms with Crippen LogP contribution in [-0.2, 0) is 16.8 Å². The largest absolute Gasteiger partial charge is 0.370 e. The molecule has 1 atom stereocenters. The summed E-state index contributed by atoms with van der Waals surface area (Å²) in [7, 11) is 1.74. The van der Waals surface area contributed by atoms with Crippen molar-refractivity contribution < 1.29 is 9.26 Å². The lowest BCUT2D eigenvalue weighted by Crippen LogP contribution is -2.26. The Bertz CT molecular complexity index is 386. The van der Waals surface area contributed by atoms with E-state index < -0.39 is 0 Å². The van der Waals surface area contributed by atoms with Crippen molar-refractivity contribution in [3.63, 3.8) is 0 Å². The van der Waals surface area contributed by atoms with Gasteiger partial charge in [-0.25, -0.2) is 0 Å². The zero-order valence-electron chi connectivity index (χ0n) is 12.0. The maximum absolute atomic E-state index is 5.66. The summed E-state index contributed by atoms with van der Waals surface area (Å²) >= 11 is 0. The Morgan fingerprint density at radius 3 is 2.74 bits per heavy atom. The third kappa shape index (κ3) is 3.34. The third-order valence-electron chi connectivity index (χ3n) is 4.19. The Labute approximate surface area is 114 Å². The van der Waals surface area contributed by atoms with Gasteiger partial charge in [-0.3, -0.25) is 0 Å². The molecule has 1 aromatic rings. The van der Waals surface area contributed by atoms with Gasteiger partial charge < -0.3 is 15.0 Å². The molecule has 0 spiro atoms. The van der Waals surface area contributed by atoms with E-state index in [-0.39, 0.29) is 5.60 Å². The first-order valence-corrected chi connectivity index (χ1v) is 7.28. The fourth-order valence-electron chi connectivity index (χ4n) is 2.81. The molecule has 1 saturated carbocycles. The van der Waals surface area contributed by atoms with Crippen molar-refractivity contribution in [2.75, 3.05) is 13.7 Å². The van der Waals surface area contributed by atoms with Gasteiger partial charge in [-0.2, -0.15) is 4.98 Å². The quantitative estimate of drug-likeness (QED) is 0.821. The van der Waals surface area contributed by atoms with E-state index in [9.17, 15) is 0 Å². The van der Waals surface area contributed by atoms with Gasteiger partial charge in [0.25, 0.3) is 0 Å². The number of hydrogen-bond acceptors (Lipinski definition) is 5. The second-order valence-electron chi connectivity index (χ2n) is 5.64. The maximum Gasteiger partial charge on any atom is 0.226 e. The molecular formula is C14H25N3O2. The smallest absolute Gasteiger partial charge is 0.226 e. The third-order valence-corrected chi connectivity index (χ3v) is 4.19. The van der Waals surface area contributed by atoms with Crippen LogP contribution in [0.15, 0.2) is 4.52 Å². The Balaban J connectivity index is 1.95. The van der Waals surface area contributed by atoms with E-state index in [0.717, 1.165) is 50.4 Å². The first-order chi connectivity index (χ1) is 9.20. The predicted octanol–water partition coefficient (Wildman–Crippen LogP) is 2.40. The Morgan fingerprint density at radius 2 is 2.11 bits per heavy atom. The zero-order chi connectivity index (χ0) is 13.7. The molecule has 2 rings (SSSR count). The lowest BCUT2D eigenvalue weighted by atomic mass is 10.0. The summed E-state index contributed by atoms with van der Waals surface area (Å²) in [4.78, 5) is 4.53. The van der Waals surface area contributed by atoms with Crippen molar-refractivity contribution in [2.45, 2.75) is 57.5 Å². The van der Waals surface area contributed by atoms with Crippen molar-refractivity contribution in [3.8, 4) is 0 Å². The van der Waals surface area contributed by atoms with Gasteiger partial charge >= 0.3 is 0 Å². The summed E-state index contributed by atoms with van der Waals surface area (Å²) in [6, 6.07) is 0. The molecule has 1 aliphatic carbocycles. The standard InChI is InChI=1S/C14H25N3O2/c1-11(7-10-15)5-6-12-16-13(17-19-12)14(18-2)8-3-4-9-14/h11H,3-10,15H2,1-2H3. The molecule has 1 fully saturated rings. The molecular weight excluding hydrogens is 242 g/mol. The van der Waals surface area contributed by atoms with Crippen molar-refractivity contribution in [3.05, 3.63) is 11.7 Å². The monoisotopic (exact) mass is 267 g/mol. The highest BCUT2D eigenvalue weighted by Crippen LogP contribution is 2.40. The highest BCUT2D eigenvalue weighted by molar-refractivity contribution is 5.04. The van der Waals surface area contributed by atoms with E-state index >= 15 is 0 Å². The van der Waals surface area contributed by atoms with Gasteiger partial charge in [0.1, 0.15) is 5.60 Å². The molecule has 1 unspecified atom stereocenters. The van der Waals surface area contributed by atoms with Crippen LogP contribution in [0.25, 0.3) is 0 Å². The number of nitrogens with two attached hydrogens (primary N) is 1. The first-order valence-electron chi connectivity index (χ1n) is 7.28. The number of aromatic nitrogens is 2. The SMILES string of the molecule is COC1(c2noc(CCC(C)CCN)n2)CCCC1. The number of hydrogen-bond donors (Lipinski definition) is 1. The van der Waals surface area contributed by atoms with Gasteiger partial charge in [0.2, 0.25) is 11.7 Å². The summed E-state index contributed by atoms with van der Waals surface area (Å²) in [5, 5.41) is 4.13. The van der Waals surface area contributed by atoms with Crippen LogP contribution in [0.4, 0.5) is 0 Å². The van der Waals surface area contributed by atoms with Gasteiger partial charge in [0, 0.05) is 13.5 Å². The molecule has 19 heavy (non-hydrogen) atoms. The summed E-state index contributed by atoms with van der Waals surface area (Å²) < 4.78 is 11.0. The van der Waals surface area contributed by atoms with Crippen LogP contribution in [0.2, 0.25) is 0 Å². The summed E-state index contributed by atoms with van der Waals surface area (Å²) in [6.45, 7) is 2.95. The molecule has 5 heteroatoms. The van der Waals surface area contributed by atoms with Crippen molar-refractivity contribution >= 4 is 0 Å². The molecule has 0 saturated heterocycles. The van der Waals surface area contributed by atoms with Crippen LogP contribution in [0.3, 0.4) is 0 Å². The van der Waals surface area contributed by atoms with Crippen molar-refractivity contribution in [1.29, 1.82) is 0 Å². The number of rotatable bonds is 7. The Morgan fingerprint density at radius 1 is 1.37 bits per heavy atom. The zero-order valence-corrected chi connectivity index (χ0v) is 12.0.